The zero-order valence-corrected chi connectivity index (χ0v) is 21.0. The maximum atomic E-state index is 13.4. The van der Waals surface area contributed by atoms with Crippen LogP contribution in [0.2, 0.25) is 0 Å². The molecule has 0 saturated carbocycles. The number of hydrogen-bond donors (Lipinski definition) is 2. The van der Waals surface area contributed by atoms with Crippen LogP contribution in [0.3, 0.4) is 0 Å². The zero-order valence-electron chi connectivity index (χ0n) is 20.2. The van der Waals surface area contributed by atoms with Gasteiger partial charge in [-0.1, -0.05) is 66.4 Å². The average molecular weight is 501 g/mol. The molecule has 0 aliphatic carbocycles. The molecule has 0 spiro atoms. The number of thioether (sulfide) groups is 1. The fourth-order valence-electron chi connectivity index (χ4n) is 3.66. The number of nitrogens with zero attached hydrogens (tertiary/aromatic N) is 2. The molecule has 2 N–H and O–H groups in total. The first-order chi connectivity index (χ1) is 17.4. The highest BCUT2D eigenvalue weighted by Gasteiger charge is 2.14. The van der Waals surface area contributed by atoms with Gasteiger partial charge in [-0.2, -0.15) is 0 Å². The van der Waals surface area contributed by atoms with Crippen LogP contribution in [0.4, 0.5) is 0 Å². The number of carbonyl (C=O) groups is 2. The number of amides is 2. The van der Waals surface area contributed by atoms with Gasteiger partial charge in [0.2, 0.25) is 5.91 Å². The van der Waals surface area contributed by atoms with E-state index in [2.05, 4.69) is 15.6 Å². The van der Waals surface area contributed by atoms with E-state index in [9.17, 15) is 14.4 Å². The van der Waals surface area contributed by atoms with Crippen molar-refractivity contribution >= 4 is 34.5 Å². The van der Waals surface area contributed by atoms with Crippen molar-refractivity contribution in [3.05, 3.63) is 106 Å². The second-order valence-electron chi connectivity index (χ2n) is 8.68. The number of rotatable bonds is 9. The zero-order chi connectivity index (χ0) is 25.5. The highest BCUT2D eigenvalue weighted by molar-refractivity contribution is 7.99. The maximum absolute atomic E-state index is 13.4. The van der Waals surface area contributed by atoms with E-state index in [-0.39, 0.29) is 35.7 Å². The molecule has 0 aliphatic rings. The Morgan fingerprint density at radius 2 is 1.61 bits per heavy atom. The summed E-state index contributed by atoms with van der Waals surface area (Å²) in [6, 6.07) is 24.1. The number of benzene rings is 3. The van der Waals surface area contributed by atoms with Gasteiger partial charge in [-0.15, -0.1) is 0 Å². The minimum atomic E-state index is -0.172. The lowest BCUT2D eigenvalue weighted by Gasteiger charge is -2.14. The van der Waals surface area contributed by atoms with Crippen LogP contribution in [0.1, 0.15) is 35.3 Å². The van der Waals surface area contributed by atoms with E-state index in [0.717, 1.165) is 11.1 Å². The lowest BCUT2D eigenvalue weighted by Crippen LogP contribution is -2.30. The van der Waals surface area contributed by atoms with Gasteiger partial charge in [0.1, 0.15) is 0 Å². The van der Waals surface area contributed by atoms with E-state index in [0.29, 0.717) is 28.2 Å². The molecule has 0 bridgehead atoms. The third-order valence-electron chi connectivity index (χ3n) is 5.47. The Balaban J connectivity index is 1.53. The predicted molar refractivity (Wildman–Crippen MR) is 143 cm³/mol. The molecule has 0 saturated heterocycles. The van der Waals surface area contributed by atoms with Gasteiger partial charge in [0.15, 0.2) is 5.16 Å². The van der Waals surface area contributed by atoms with Crippen LogP contribution in [0.25, 0.3) is 10.9 Å². The molecule has 1 aromatic heterocycles. The highest BCUT2D eigenvalue weighted by Crippen LogP contribution is 2.19. The fraction of sp³-hybridized carbons (Fsp3) is 0.214. The van der Waals surface area contributed by atoms with Crippen molar-refractivity contribution < 1.29 is 9.59 Å². The SMILES string of the molecule is CC(C)NC(=O)c1ccc(Cn2c(SCC(=O)NCc3ccccc3)nc3ccccc3c2=O)cc1. The summed E-state index contributed by atoms with van der Waals surface area (Å²) in [7, 11) is 0. The molecule has 0 atom stereocenters. The second-order valence-corrected chi connectivity index (χ2v) is 9.62. The first kappa shape index (κ1) is 25.2. The summed E-state index contributed by atoms with van der Waals surface area (Å²) in [6.07, 6.45) is 0. The highest BCUT2D eigenvalue weighted by atomic mass is 32.2. The average Bonchev–Trinajstić information content (AvgIpc) is 2.88. The van der Waals surface area contributed by atoms with E-state index in [1.807, 2.05) is 68.4 Å². The van der Waals surface area contributed by atoms with E-state index in [4.69, 9.17) is 0 Å². The number of para-hydroxylation sites is 1. The summed E-state index contributed by atoms with van der Waals surface area (Å²) in [6.45, 7) is 4.53. The number of aromatic nitrogens is 2. The van der Waals surface area contributed by atoms with Crippen LogP contribution in [0.15, 0.2) is 88.8 Å². The Morgan fingerprint density at radius 1 is 0.917 bits per heavy atom. The van der Waals surface area contributed by atoms with Crippen LogP contribution < -0.4 is 16.2 Å². The molecule has 2 amide bonds. The molecule has 4 rings (SSSR count). The molecule has 36 heavy (non-hydrogen) atoms. The monoisotopic (exact) mass is 500 g/mol. The summed E-state index contributed by atoms with van der Waals surface area (Å²) in [5.74, 6) is -0.150. The first-order valence-electron chi connectivity index (χ1n) is 11.7. The van der Waals surface area contributed by atoms with Gasteiger partial charge in [-0.05, 0) is 49.2 Å². The normalized spacial score (nSPS) is 11.0. The van der Waals surface area contributed by atoms with Gasteiger partial charge in [0.25, 0.3) is 11.5 Å². The molecule has 3 aromatic carbocycles. The Kier molecular flexibility index (Phi) is 8.17. The molecule has 8 heteroatoms. The van der Waals surface area contributed by atoms with Crippen molar-refractivity contribution in [2.75, 3.05) is 5.75 Å². The van der Waals surface area contributed by atoms with Crippen LogP contribution in [-0.2, 0) is 17.9 Å². The van der Waals surface area contributed by atoms with Crippen molar-refractivity contribution in [1.29, 1.82) is 0 Å². The Hall–Kier alpha value is -3.91. The lowest BCUT2D eigenvalue weighted by atomic mass is 10.1. The molecule has 0 radical (unpaired) electrons. The largest absolute Gasteiger partial charge is 0.351 e. The molecule has 0 aliphatic heterocycles. The minimum absolute atomic E-state index is 0.0453. The van der Waals surface area contributed by atoms with Gasteiger partial charge in [-0.3, -0.25) is 19.0 Å². The first-order valence-corrected chi connectivity index (χ1v) is 12.7. The van der Waals surface area contributed by atoms with E-state index in [1.165, 1.54) is 11.8 Å². The van der Waals surface area contributed by atoms with E-state index < -0.39 is 0 Å². The summed E-state index contributed by atoms with van der Waals surface area (Å²) in [5.41, 5.74) is 2.84. The van der Waals surface area contributed by atoms with Crippen molar-refractivity contribution in [2.24, 2.45) is 0 Å². The van der Waals surface area contributed by atoms with Crippen LogP contribution in [0, 0.1) is 0 Å². The molecular weight excluding hydrogens is 472 g/mol. The number of hydrogen-bond acceptors (Lipinski definition) is 5. The van der Waals surface area contributed by atoms with Gasteiger partial charge in [0.05, 0.1) is 23.2 Å². The topological polar surface area (TPSA) is 93.1 Å². The van der Waals surface area contributed by atoms with Gasteiger partial charge >= 0.3 is 0 Å². The summed E-state index contributed by atoms with van der Waals surface area (Å²) in [5, 5.41) is 6.76. The third kappa shape index (κ3) is 6.40. The van der Waals surface area contributed by atoms with Crippen molar-refractivity contribution in [3.8, 4) is 0 Å². The van der Waals surface area contributed by atoms with Crippen LogP contribution >= 0.6 is 11.8 Å². The Bertz CT molecular complexity index is 1420. The quantitative estimate of drug-likeness (QED) is 0.268. The minimum Gasteiger partial charge on any atom is -0.351 e. The molecular formula is C28H28N4O3S. The summed E-state index contributed by atoms with van der Waals surface area (Å²) >= 11 is 1.23. The molecule has 184 valence electrons. The molecule has 1 heterocycles. The van der Waals surface area contributed by atoms with E-state index >= 15 is 0 Å². The Morgan fingerprint density at radius 3 is 2.33 bits per heavy atom. The Labute approximate surface area is 214 Å². The summed E-state index contributed by atoms with van der Waals surface area (Å²) in [4.78, 5) is 42.8. The molecule has 0 fully saturated rings. The molecule has 7 nitrogen and oxygen atoms in total. The standard InChI is InChI=1S/C28H28N4O3S/c1-19(2)30-26(34)22-14-12-21(13-15-22)17-32-27(35)23-10-6-7-11-24(23)31-28(32)36-18-25(33)29-16-20-8-4-3-5-9-20/h3-15,19H,16-18H2,1-2H3,(H,29,33)(H,30,34). The van der Waals surface area contributed by atoms with Crippen LogP contribution in [-0.4, -0.2) is 33.2 Å². The second kappa shape index (κ2) is 11.7. The fourth-order valence-corrected chi connectivity index (χ4v) is 4.49. The summed E-state index contributed by atoms with van der Waals surface area (Å²) < 4.78 is 1.58. The van der Waals surface area contributed by atoms with Gasteiger partial charge in [0, 0.05) is 18.2 Å². The van der Waals surface area contributed by atoms with Crippen molar-refractivity contribution in [3.63, 3.8) is 0 Å². The predicted octanol–water partition coefficient (Wildman–Crippen LogP) is 3.99. The van der Waals surface area contributed by atoms with Crippen LogP contribution in [0.5, 0.6) is 0 Å². The third-order valence-corrected chi connectivity index (χ3v) is 6.44. The van der Waals surface area contributed by atoms with Gasteiger partial charge in [-0.25, -0.2) is 4.98 Å². The number of nitrogens with one attached hydrogen (secondary N) is 2. The molecule has 0 unspecified atom stereocenters. The van der Waals surface area contributed by atoms with Crippen molar-refractivity contribution in [2.45, 2.75) is 38.1 Å². The number of carbonyl (C=O) groups excluding carboxylic acids is 2. The smallest absolute Gasteiger partial charge is 0.262 e. The maximum Gasteiger partial charge on any atom is 0.262 e. The number of fused-ring (bicyclic) bond motifs is 1. The van der Waals surface area contributed by atoms with E-state index in [1.54, 1.807) is 28.8 Å². The van der Waals surface area contributed by atoms with Gasteiger partial charge < -0.3 is 10.6 Å². The molecule has 4 aromatic rings. The van der Waals surface area contributed by atoms with Crippen molar-refractivity contribution in [1.82, 2.24) is 20.2 Å². The lowest BCUT2D eigenvalue weighted by molar-refractivity contribution is -0.118.